The Morgan fingerprint density at radius 3 is 2.70 bits per heavy atom. The number of hydrogen-bond acceptors (Lipinski definition) is 3. The lowest BCUT2D eigenvalue weighted by molar-refractivity contribution is 0.476. The molecule has 104 valence electrons. The highest BCUT2D eigenvalue weighted by Gasteiger charge is 2.12. The number of benzene rings is 1. The van der Waals surface area contributed by atoms with Crippen molar-refractivity contribution in [2.45, 2.75) is 20.8 Å². The second-order valence-electron chi connectivity index (χ2n) is 4.33. The minimum atomic E-state index is -0.539. The zero-order chi connectivity index (χ0) is 13.4. The highest BCUT2D eigenvalue weighted by molar-refractivity contribution is 5.83. The Hall–Kier alpha value is -2.36. The molecule has 3 aromatic rings. The van der Waals surface area contributed by atoms with Gasteiger partial charge in [-0.25, -0.2) is 4.98 Å². The molecule has 2 heterocycles. The maximum Gasteiger partial charge on any atom is 0.224 e. The summed E-state index contributed by atoms with van der Waals surface area (Å²) in [4.78, 5) is 3.88. The number of nitrogens with zero attached hydrogens (tertiary/aromatic N) is 1. The van der Waals surface area contributed by atoms with Crippen LogP contribution in [0.2, 0.25) is 0 Å². The number of rotatable bonds is 2. The molecular formula is C16H16FNO2. The van der Waals surface area contributed by atoms with Crippen molar-refractivity contribution in [3.05, 3.63) is 48.0 Å². The van der Waals surface area contributed by atoms with E-state index in [1.165, 1.54) is 6.07 Å². The van der Waals surface area contributed by atoms with E-state index in [2.05, 4.69) is 4.98 Å². The smallest absolute Gasteiger partial charge is 0.224 e. The third-order valence-electron chi connectivity index (χ3n) is 3.03. The Morgan fingerprint density at radius 1 is 1.20 bits per heavy atom. The summed E-state index contributed by atoms with van der Waals surface area (Å²) in [5, 5.41) is 10.1. The molecule has 0 amide bonds. The van der Waals surface area contributed by atoms with Crippen LogP contribution in [0, 0.1) is 5.95 Å². The first kappa shape index (κ1) is 14.1. The molecule has 0 bridgehead atoms. The first-order valence-corrected chi connectivity index (χ1v) is 6.05. The second kappa shape index (κ2) is 5.33. The van der Waals surface area contributed by atoms with Crippen LogP contribution in [0.4, 0.5) is 4.39 Å². The van der Waals surface area contributed by atoms with Crippen molar-refractivity contribution >= 4 is 11.0 Å². The molecule has 3 rings (SSSR count). The van der Waals surface area contributed by atoms with Gasteiger partial charge in [0.1, 0.15) is 17.1 Å². The van der Waals surface area contributed by atoms with E-state index in [4.69, 9.17) is 4.42 Å². The number of furan rings is 1. The maximum atomic E-state index is 13.9. The van der Waals surface area contributed by atoms with Crippen molar-refractivity contribution in [2.24, 2.45) is 0 Å². The summed E-state index contributed by atoms with van der Waals surface area (Å²) in [5.41, 5.74) is 1.63. The summed E-state index contributed by atoms with van der Waals surface area (Å²) in [7, 11) is 0. The average Bonchev–Trinajstić information content (AvgIpc) is 2.81. The minimum Gasteiger partial charge on any atom is -0.508 e. The zero-order valence-electron chi connectivity index (χ0n) is 10.4. The number of aromatic nitrogens is 1. The van der Waals surface area contributed by atoms with Gasteiger partial charge in [0.25, 0.3) is 0 Å². The van der Waals surface area contributed by atoms with Crippen LogP contribution < -0.4 is 0 Å². The molecule has 4 heteroatoms. The van der Waals surface area contributed by atoms with Crippen LogP contribution in [0.15, 0.2) is 40.8 Å². The molecule has 0 aliphatic rings. The van der Waals surface area contributed by atoms with Gasteiger partial charge in [0.15, 0.2) is 0 Å². The van der Waals surface area contributed by atoms with Crippen molar-refractivity contribution in [1.29, 1.82) is 0 Å². The van der Waals surface area contributed by atoms with E-state index in [-0.39, 0.29) is 13.2 Å². The highest BCUT2D eigenvalue weighted by Crippen LogP contribution is 2.30. The van der Waals surface area contributed by atoms with Gasteiger partial charge in [-0.3, -0.25) is 0 Å². The molecule has 0 spiro atoms. The van der Waals surface area contributed by atoms with Gasteiger partial charge in [0, 0.05) is 11.1 Å². The molecule has 0 unspecified atom stereocenters. The quantitative estimate of drug-likeness (QED) is 0.697. The summed E-state index contributed by atoms with van der Waals surface area (Å²) in [6.07, 6.45) is 0.686. The van der Waals surface area contributed by atoms with E-state index in [9.17, 15) is 9.50 Å². The first-order chi connectivity index (χ1) is 9.17. The minimum absolute atomic E-state index is 0. The van der Waals surface area contributed by atoms with E-state index in [0.29, 0.717) is 29.0 Å². The number of phenols is 1. The first-order valence-electron chi connectivity index (χ1n) is 6.05. The lowest BCUT2D eigenvalue weighted by Crippen LogP contribution is -1.93. The Balaban J connectivity index is 0.00000147. The van der Waals surface area contributed by atoms with Gasteiger partial charge in [-0.15, -0.1) is 0 Å². The van der Waals surface area contributed by atoms with Gasteiger partial charge in [-0.05, 0) is 42.8 Å². The van der Waals surface area contributed by atoms with Crippen LogP contribution in [0.3, 0.4) is 0 Å². The molecule has 20 heavy (non-hydrogen) atoms. The Kier molecular flexibility index (Phi) is 3.74. The monoisotopic (exact) mass is 273 g/mol. The highest BCUT2D eigenvalue weighted by atomic mass is 19.1. The van der Waals surface area contributed by atoms with Crippen LogP contribution in [0.1, 0.15) is 20.0 Å². The topological polar surface area (TPSA) is 46.3 Å². The summed E-state index contributed by atoms with van der Waals surface area (Å²) >= 11 is 0. The number of pyridine rings is 1. The van der Waals surface area contributed by atoms with Gasteiger partial charge in [0.05, 0.1) is 5.56 Å². The van der Waals surface area contributed by atoms with E-state index in [1.807, 2.05) is 6.92 Å². The predicted octanol–water partition coefficient (Wildman–Crippen LogP) is 4.54. The number of aromatic hydroxyl groups is 1. The third-order valence-corrected chi connectivity index (χ3v) is 3.03. The molecule has 0 atom stereocenters. The molecule has 0 saturated heterocycles. The number of fused-ring (bicyclic) bond motifs is 1. The van der Waals surface area contributed by atoms with Crippen LogP contribution in [0.5, 0.6) is 5.75 Å². The van der Waals surface area contributed by atoms with Gasteiger partial charge in [-0.2, -0.15) is 4.39 Å². The lowest BCUT2D eigenvalue weighted by atomic mass is 10.1. The summed E-state index contributed by atoms with van der Waals surface area (Å²) in [6, 6.07) is 9.90. The molecule has 0 radical (unpaired) electrons. The van der Waals surface area contributed by atoms with E-state index < -0.39 is 5.95 Å². The lowest BCUT2D eigenvalue weighted by Gasteiger charge is -2.00. The molecule has 2 aromatic heterocycles. The number of aryl methyl sites for hydroxylation is 1. The third kappa shape index (κ3) is 2.37. The standard InChI is InChI=1S/C15H12FNO2.CH4/c1-2-10-3-5-12(15(16)17-10)14-8-9-7-11(18)4-6-13(9)19-14;/h3-8,18H,2H2,1H3;1H4. The molecule has 0 saturated carbocycles. The summed E-state index contributed by atoms with van der Waals surface area (Å²) in [6.45, 7) is 1.92. The number of phenolic OH excluding ortho intramolecular Hbond substituents is 1. The van der Waals surface area contributed by atoms with Crippen LogP contribution >= 0.6 is 0 Å². The van der Waals surface area contributed by atoms with Crippen molar-refractivity contribution in [3.8, 4) is 17.1 Å². The number of hydrogen-bond donors (Lipinski definition) is 1. The van der Waals surface area contributed by atoms with E-state index in [0.717, 1.165) is 5.39 Å². The largest absolute Gasteiger partial charge is 0.508 e. The fraction of sp³-hybridized carbons (Fsp3) is 0.188. The van der Waals surface area contributed by atoms with Crippen molar-refractivity contribution < 1.29 is 13.9 Å². The molecular weight excluding hydrogens is 257 g/mol. The van der Waals surface area contributed by atoms with Crippen LogP contribution in [-0.4, -0.2) is 10.1 Å². The molecule has 0 aliphatic carbocycles. The van der Waals surface area contributed by atoms with Crippen molar-refractivity contribution in [1.82, 2.24) is 4.98 Å². The fourth-order valence-corrected chi connectivity index (χ4v) is 2.02. The summed E-state index contributed by atoms with van der Waals surface area (Å²) < 4.78 is 19.5. The van der Waals surface area contributed by atoms with Gasteiger partial charge in [0.2, 0.25) is 5.95 Å². The Labute approximate surface area is 116 Å². The van der Waals surface area contributed by atoms with Crippen LogP contribution in [0.25, 0.3) is 22.3 Å². The number of halogens is 1. The molecule has 1 N–H and O–H groups in total. The van der Waals surface area contributed by atoms with Crippen molar-refractivity contribution in [2.75, 3.05) is 0 Å². The second-order valence-corrected chi connectivity index (χ2v) is 4.33. The van der Waals surface area contributed by atoms with E-state index >= 15 is 0 Å². The van der Waals surface area contributed by atoms with Gasteiger partial charge >= 0.3 is 0 Å². The van der Waals surface area contributed by atoms with Crippen LogP contribution in [-0.2, 0) is 6.42 Å². The van der Waals surface area contributed by atoms with Gasteiger partial charge in [-0.1, -0.05) is 14.4 Å². The Bertz CT molecular complexity index is 749. The summed E-state index contributed by atoms with van der Waals surface area (Å²) in [5.74, 6) is 0.0238. The SMILES string of the molecule is C.CCc1ccc(-c2cc3cc(O)ccc3o2)c(F)n1. The zero-order valence-corrected chi connectivity index (χ0v) is 10.4. The molecule has 3 nitrogen and oxygen atoms in total. The van der Waals surface area contributed by atoms with Gasteiger partial charge < -0.3 is 9.52 Å². The maximum absolute atomic E-state index is 13.9. The fourth-order valence-electron chi connectivity index (χ4n) is 2.02. The average molecular weight is 273 g/mol. The van der Waals surface area contributed by atoms with Crippen molar-refractivity contribution in [3.63, 3.8) is 0 Å². The predicted molar refractivity (Wildman–Crippen MR) is 77.2 cm³/mol. The molecule has 1 aromatic carbocycles. The van der Waals surface area contributed by atoms with E-state index in [1.54, 1.807) is 30.3 Å². The molecule has 0 aliphatic heterocycles. The molecule has 0 fully saturated rings. The normalized spacial score (nSPS) is 10.5. The Morgan fingerprint density at radius 2 is 2.00 bits per heavy atom.